The molecular formula is C14H13N3OS2. The third-order valence-electron chi connectivity index (χ3n) is 3.00. The molecule has 0 aliphatic rings. The fourth-order valence-electron chi connectivity index (χ4n) is 1.97. The molecule has 102 valence electrons. The molecule has 4 nitrogen and oxygen atoms in total. The Morgan fingerprint density at radius 3 is 3.05 bits per heavy atom. The summed E-state index contributed by atoms with van der Waals surface area (Å²) in [5.41, 5.74) is 10.4. The molecule has 0 bridgehead atoms. The average molecular weight is 303 g/mol. The van der Waals surface area contributed by atoms with Gasteiger partial charge in [0.05, 0.1) is 23.4 Å². The van der Waals surface area contributed by atoms with E-state index < -0.39 is 0 Å². The fourth-order valence-corrected chi connectivity index (χ4v) is 3.66. The van der Waals surface area contributed by atoms with E-state index in [2.05, 4.69) is 10.3 Å². The van der Waals surface area contributed by atoms with Crippen LogP contribution in [0.2, 0.25) is 0 Å². The number of nitrogens with one attached hydrogen (secondary N) is 1. The van der Waals surface area contributed by atoms with Gasteiger partial charge in [0.15, 0.2) is 0 Å². The number of thiazole rings is 1. The first-order valence-corrected chi connectivity index (χ1v) is 7.85. The summed E-state index contributed by atoms with van der Waals surface area (Å²) in [6.45, 7) is 2.45. The molecule has 0 radical (unpaired) electrons. The summed E-state index contributed by atoms with van der Waals surface area (Å²) in [6.07, 6.45) is 0. The summed E-state index contributed by atoms with van der Waals surface area (Å²) >= 11 is 2.94. The van der Waals surface area contributed by atoms with Crippen molar-refractivity contribution in [3.05, 3.63) is 45.2 Å². The normalized spacial score (nSPS) is 10.8. The van der Waals surface area contributed by atoms with Crippen molar-refractivity contribution in [2.24, 2.45) is 0 Å². The average Bonchev–Trinajstić information content (AvgIpc) is 3.04. The minimum Gasteiger partial charge on any atom is -0.397 e. The van der Waals surface area contributed by atoms with Gasteiger partial charge in [-0.15, -0.1) is 22.7 Å². The van der Waals surface area contributed by atoms with Crippen molar-refractivity contribution >= 4 is 44.4 Å². The number of aryl methyl sites for hydroxylation is 1. The quantitative estimate of drug-likeness (QED) is 0.781. The number of nitrogens with zero attached hydrogens (tertiary/aromatic N) is 1. The van der Waals surface area contributed by atoms with Gasteiger partial charge in [0.2, 0.25) is 0 Å². The fraction of sp³-hybridized carbons (Fsp3) is 0.143. The Bertz CT molecular complexity index is 762. The Hall–Kier alpha value is -1.92. The standard InChI is InChI=1S/C14H13N3OS2/c1-8-2-3-10-11(4-8)20-13(12(10)15)14(18)16-5-9-6-19-7-17-9/h2-4,6-7H,5,15H2,1H3,(H,16,18). The van der Waals surface area contributed by atoms with Gasteiger partial charge in [0.25, 0.3) is 5.91 Å². The Kier molecular flexibility index (Phi) is 3.42. The van der Waals surface area contributed by atoms with Crippen LogP contribution in [0, 0.1) is 6.92 Å². The first kappa shape index (κ1) is 13.1. The number of hydrogen-bond donors (Lipinski definition) is 2. The second kappa shape index (κ2) is 5.22. The summed E-state index contributed by atoms with van der Waals surface area (Å²) in [4.78, 5) is 16.9. The van der Waals surface area contributed by atoms with E-state index in [9.17, 15) is 4.79 Å². The van der Waals surface area contributed by atoms with Crippen LogP contribution in [0.15, 0.2) is 29.1 Å². The number of carbonyl (C=O) groups is 1. The van der Waals surface area contributed by atoms with Gasteiger partial charge in [0.1, 0.15) is 4.88 Å². The van der Waals surface area contributed by atoms with Gasteiger partial charge in [-0.05, 0) is 18.6 Å². The number of nitrogen functional groups attached to an aromatic ring is 1. The molecule has 1 amide bonds. The minimum absolute atomic E-state index is 0.144. The second-order valence-corrected chi connectivity index (χ2v) is 6.28. The number of amides is 1. The molecule has 0 unspecified atom stereocenters. The largest absolute Gasteiger partial charge is 0.397 e. The number of fused-ring (bicyclic) bond motifs is 1. The Balaban J connectivity index is 1.85. The number of aromatic nitrogens is 1. The molecule has 1 aromatic carbocycles. The van der Waals surface area contributed by atoms with Crippen molar-refractivity contribution in [2.75, 3.05) is 5.73 Å². The van der Waals surface area contributed by atoms with Crippen LogP contribution in [0.25, 0.3) is 10.1 Å². The van der Waals surface area contributed by atoms with Crippen LogP contribution < -0.4 is 11.1 Å². The van der Waals surface area contributed by atoms with Gasteiger partial charge in [-0.1, -0.05) is 12.1 Å². The van der Waals surface area contributed by atoms with E-state index >= 15 is 0 Å². The highest BCUT2D eigenvalue weighted by Gasteiger charge is 2.16. The van der Waals surface area contributed by atoms with Crippen LogP contribution in [0.4, 0.5) is 5.69 Å². The highest BCUT2D eigenvalue weighted by atomic mass is 32.1. The second-order valence-electron chi connectivity index (χ2n) is 4.51. The Morgan fingerprint density at radius 1 is 1.45 bits per heavy atom. The monoisotopic (exact) mass is 303 g/mol. The molecule has 0 fully saturated rings. The summed E-state index contributed by atoms with van der Waals surface area (Å²) < 4.78 is 1.04. The summed E-state index contributed by atoms with van der Waals surface area (Å²) in [6, 6.07) is 6.02. The van der Waals surface area contributed by atoms with Gasteiger partial charge >= 0.3 is 0 Å². The van der Waals surface area contributed by atoms with E-state index in [1.54, 1.807) is 5.51 Å². The number of nitrogens with two attached hydrogens (primary N) is 1. The molecule has 0 atom stereocenters. The molecule has 20 heavy (non-hydrogen) atoms. The maximum Gasteiger partial charge on any atom is 0.263 e. The van der Waals surface area contributed by atoms with E-state index in [1.165, 1.54) is 22.7 Å². The molecule has 0 spiro atoms. The van der Waals surface area contributed by atoms with Crippen molar-refractivity contribution in [3.8, 4) is 0 Å². The van der Waals surface area contributed by atoms with Gasteiger partial charge < -0.3 is 11.1 Å². The smallest absolute Gasteiger partial charge is 0.263 e. The van der Waals surface area contributed by atoms with Gasteiger partial charge in [-0.2, -0.15) is 0 Å². The number of benzene rings is 1. The van der Waals surface area contributed by atoms with Gasteiger partial charge in [-0.25, -0.2) is 4.98 Å². The molecule has 6 heteroatoms. The van der Waals surface area contributed by atoms with E-state index in [4.69, 9.17) is 5.73 Å². The van der Waals surface area contributed by atoms with Crippen LogP contribution in [0.5, 0.6) is 0 Å². The molecular weight excluding hydrogens is 290 g/mol. The maximum atomic E-state index is 12.2. The zero-order valence-electron chi connectivity index (χ0n) is 10.8. The van der Waals surface area contributed by atoms with Crippen LogP contribution in [-0.4, -0.2) is 10.9 Å². The van der Waals surface area contributed by atoms with E-state index in [-0.39, 0.29) is 5.91 Å². The van der Waals surface area contributed by atoms with Gasteiger partial charge in [0, 0.05) is 15.5 Å². The van der Waals surface area contributed by atoms with Crippen LogP contribution in [0.3, 0.4) is 0 Å². The molecule has 3 aromatic rings. The lowest BCUT2D eigenvalue weighted by Crippen LogP contribution is -2.22. The summed E-state index contributed by atoms with van der Waals surface area (Å²) in [5.74, 6) is -0.144. The SMILES string of the molecule is Cc1ccc2c(N)c(C(=O)NCc3cscn3)sc2c1. The lowest BCUT2D eigenvalue weighted by Gasteiger charge is -2.01. The molecule has 3 rings (SSSR count). The number of carbonyl (C=O) groups excluding carboxylic acids is 1. The summed E-state index contributed by atoms with van der Waals surface area (Å²) in [5, 5.41) is 5.71. The maximum absolute atomic E-state index is 12.2. The predicted molar refractivity (Wildman–Crippen MR) is 84.3 cm³/mol. The van der Waals surface area contributed by atoms with Crippen LogP contribution in [-0.2, 0) is 6.54 Å². The van der Waals surface area contributed by atoms with Crippen molar-refractivity contribution in [2.45, 2.75) is 13.5 Å². The van der Waals surface area contributed by atoms with E-state index in [1.807, 2.05) is 30.5 Å². The van der Waals surface area contributed by atoms with Crippen molar-refractivity contribution in [3.63, 3.8) is 0 Å². The molecule has 3 N–H and O–H groups in total. The number of rotatable bonds is 3. The van der Waals surface area contributed by atoms with Gasteiger partial charge in [-0.3, -0.25) is 4.79 Å². The number of anilines is 1. The molecule has 2 aromatic heterocycles. The van der Waals surface area contributed by atoms with Crippen LogP contribution in [0.1, 0.15) is 20.9 Å². The highest BCUT2D eigenvalue weighted by molar-refractivity contribution is 7.21. The molecule has 2 heterocycles. The van der Waals surface area contributed by atoms with E-state index in [0.717, 1.165) is 21.3 Å². The van der Waals surface area contributed by atoms with Crippen molar-refractivity contribution in [1.82, 2.24) is 10.3 Å². The summed E-state index contributed by atoms with van der Waals surface area (Å²) in [7, 11) is 0. The number of thiophene rings is 1. The third-order valence-corrected chi connectivity index (χ3v) is 4.81. The van der Waals surface area contributed by atoms with E-state index in [0.29, 0.717) is 17.1 Å². The zero-order valence-corrected chi connectivity index (χ0v) is 12.5. The lowest BCUT2D eigenvalue weighted by molar-refractivity contribution is 0.0955. The first-order valence-electron chi connectivity index (χ1n) is 6.09. The van der Waals surface area contributed by atoms with Crippen LogP contribution >= 0.6 is 22.7 Å². The topological polar surface area (TPSA) is 68.0 Å². The Morgan fingerprint density at radius 2 is 2.30 bits per heavy atom. The molecule has 0 saturated heterocycles. The van der Waals surface area contributed by atoms with Crippen molar-refractivity contribution < 1.29 is 4.79 Å². The lowest BCUT2D eigenvalue weighted by atomic mass is 10.1. The molecule has 0 saturated carbocycles. The van der Waals surface area contributed by atoms with Crippen molar-refractivity contribution in [1.29, 1.82) is 0 Å². The predicted octanol–water partition coefficient (Wildman–Crippen LogP) is 3.18. The Labute approximate surface area is 124 Å². The minimum atomic E-state index is -0.144. The first-order chi connectivity index (χ1) is 9.65. The molecule has 0 aliphatic carbocycles. The highest BCUT2D eigenvalue weighted by Crippen LogP contribution is 2.34. The number of hydrogen-bond acceptors (Lipinski definition) is 5. The zero-order chi connectivity index (χ0) is 14.1. The third kappa shape index (κ3) is 2.39. The molecule has 0 aliphatic heterocycles.